The highest BCUT2D eigenvalue weighted by molar-refractivity contribution is 5.87. The van der Waals surface area contributed by atoms with Gasteiger partial charge in [0.25, 0.3) is 0 Å². The van der Waals surface area contributed by atoms with E-state index < -0.39 is 0 Å². The fourth-order valence-corrected chi connectivity index (χ4v) is 3.92. The van der Waals surface area contributed by atoms with E-state index in [1.165, 1.54) is 0 Å². The first-order chi connectivity index (χ1) is 11.2. The van der Waals surface area contributed by atoms with Gasteiger partial charge in [-0.15, -0.1) is 0 Å². The quantitative estimate of drug-likeness (QED) is 0.906. The number of aromatic amines is 1. The average molecular weight is 310 g/mol. The molecular weight excluding hydrogens is 292 g/mol. The summed E-state index contributed by atoms with van der Waals surface area (Å²) in [6.45, 7) is 2.47. The number of hydrogen-bond donors (Lipinski definition) is 1. The van der Waals surface area contributed by atoms with E-state index in [0.29, 0.717) is 0 Å². The van der Waals surface area contributed by atoms with Gasteiger partial charge in [-0.3, -0.25) is 4.79 Å². The highest BCUT2D eigenvalue weighted by atomic mass is 16.2. The van der Waals surface area contributed by atoms with Crippen molar-refractivity contribution in [2.75, 3.05) is 24.5 Å². The van der Waals surface area contributed by atoms with Crippen LogP contribution in [0.4, 0.5) is 5.82 Å². The van der Waals surface area contributed by atoms with Crippen molar-refractivity contribution in [2.24, 2.45) is 0 Å². The summed E-state index contributed by atoms with van der Waals surface area (Å²) in [4.78, 5) is 28.2. The van der Waals surface area contributed by atoms with Gasteiger partial charge in [-0.1, -0.05) is 0 Å². The summed E-state index contributed by atoms with van der Waals surface area (Å²) in [6.07, 6.45) is 6.44. The van der Waals surface area contributed by atoms with Crippen LogP contribution in [-0.2, 0) is 4.79 Å². The smallest absolute Gasteiger partial charge is 0.237 e. The second-order valence-corrected chi connectivity index (χ2v) is 6.32. The summed E-state index contributed by atoms with van der Waals surface area (Å²) in [5.74, 6) is 0.880. The predicted octanol–water partition coefficient (Wildman–Crippen LogP) is 1.44. The standard InChI is InChI=1S/C16H18N6O/c17-6-2-13(23)22-9-5-16(22)4-1-8-21(10-16)15-12-3-7-18-14(12)19-11-20-15/h3,7,11H,1-2,4-5,8-10H2,(H,18,19,20)/t16-/m0/s1. The molecule has 4 rings (SSSR count). The van der Waals surface area contributed by atoms with Crippen molar-refractivity contribution >= 4 is 22.8 Å². The van der Waals surface area contributed by atoms with Crippen LogP contribution in [0, 0.1) is 11.3 Å². The van der Waals surface area contributed by atoms with Gasteiger partial charge < -0.3 is 14.8 Å². The average Bonchev–Trinajstić information content (AvgIpc) is 3.02. The van der Waals surface area contributed by atoms with Gasteiger partial charge in [0.2, 0.25) is 5.91 Å². The lowest BCUT2D eigenvalue weighted by atomic mass is 9.77. The van der Waals surface area contributed by atoms with Crippen LogP contribution in [0.5, 0.6) is 0 Å². The van der Waals surface area contributed by atoms with Crippen LogP contribution in [0.1, 0.15) is 25.7 Å². The Kier molecular flexibility index (Phi) is 3.18. The Balaban J connectivity index is 1.62. The zero-order chi connectivity index (χ0) is 15.9. The number of aromatic nitrogens is 3. The first-order valence-corrected chi connectivity index (χ1v) is 7.94. The molecule has 0 aliphatic carbocycles. The lowest BCUT2D eigenvalue weighted by Gasteiger charge is -2.57. The molecule has 2 aromatic heterocycles. The largest absolute Gasteiger partial charge is 0.354 e. The van der Waals surface area contributed by atoms with Crippen LogP contribution in [0.3, 0.4) is 0 Å². The zero-order valence-corrected chi connectivity index (χ0v) is 12.8. The van der Waals surface area contributed by atoms with Gasteiger partial charge in [-0.25, -0.2) is 9.97 Å². The first-order valence-electron chi connectivity index (χ1n) is 7.94. The molecule has 0 saturated carbocycles. The minimum absolute atomic E-state index is 0.0304. The third-order valence-corrected chi connectivity index (χ3v) is 5.09. The van der Waals surface area contributed by atoms with Crippen molar-refractivity contribution in [1.82, 2.24) is 19.9 Å². The van der Waals surface area contributed by atoms with Gasteiger partial charge in [0.1, 0.15) is 24.2 Å². The molecule has 7 heteroatoms. The Morgan fingerprint density at radius 2 is 2.30 bits per heavy atom. The van der Waals surface area contributed by atoms with Crippen LogP contribution in [-0.4, -0.2) is 50.9 Å². The molecule has 1 N–H and O–H groups in total. The van der Waals surface area contributed by atoms with Gasteiger partial charge >= 0.3 is 0 Å². The minimum Gasteiger partial charge on any atom is -0.354 e. The summed E-state index contributed by atoms with van der Waals surface area (Å²) in [5.41, 5.74) is 0.709. The number of nitriles is 1. The lowest BCUT2D eigenvalue weighted by Crippen LogP contribution is -2.68. The van der Waals surface area contributed by atoms with Crippen LogP contribution >= 0.6 is 0 Å². The number of carbonyl (C=O) groups is 1. The van der Waals surface area contributed by atoms with E-state index in [9.17, 15) is 4.79 Å². The summed E-state index contributed by atoms with van der Waals surface area (Å²) in [6, 6.07) is 3.96. The molecule has 23 heavy (non-hydrogen) atoms. The Hall–Kier alpha value is -2.62. The number of nitrogens with zero attached hydrogens (tertiary/aromatic N) is 5. The molecular formula is C16H18N6O. The van der Waals surface area contributed by atoms with Crippen molar-refractivity contribution in [2.45, 2.75) is 31.2 Å². The van der Waals surface area contributed by atoms with E-state index in [0.717, 1.165) is 55.7 Å². The number of anilines is 1. The second kappa shape index (κ2) is 5.23. The Labute approximate surface area is 133 Å². The molecule has 4 heterocycles. The number of rotatable bonds is 2. The maximum Gasteiger partial charge on any atom is 0.237 e. The first kappa shape index (κ1) is 14.0. The van der Waals surface area contributed by atoms with Crippen molar-refractivity contribution in [3.8, 4) is 6.07 Å². The maximum absolute atomic E-state index is 12.2. The second-order valence-electron chi connectivity index (χ2n) is 6.32. The third kappa shape index (κ3) is 2.13. The van der Waals surface area contributed by atoms with E-state index in [1.54, 1.807) is 6.33 Å². The van der Waals surface area contributed by atoms with Gasteiger partial charge in [-0.05, 0) is 25.3 Å². The van der Waals surface area contributed by atoms with E-state index >= 15 is 0 Å². The predicted molar refractivity (Wildman–Crippen MR) is 84.6 cm³/mol. The van der Waals surface area contributed by atoms with Crippen LogP contribution in [0.15, 0.2) is 18.6 Å². The highest BCUT2D eigenvalue weighted by Gasteiger charge is 2.49. The van der Waals surface area contributed by atoms with Crippen molar-refractivity contribution in [3.05, 3.63) is 18.6 Å². The van der Waals surface area contributed by atoms with Crippen LogP contribution in [0.2, 0.25) is 0 Å². The van der Waals surface area contributed by atoms with E-state index in [1.807, 2.05) is 23.2 Å². The summed E-state index contributed by atoms with van der Waals surface area (Å²) in [7, 11) is 0. The summed E-state index contributed by atoms with van der Waals surface area (Å²) in [5, 5.41) is 9.80. The number of carbonyl (C=O) groups excluding carboxylic acids is 1. The molecule has 0 aromatic carbocycles. The highest BCUT2D eigenvalue weighted by Crippen LogP contribution is 2.40. The number of nitrogens with one attached hydrogen (secondary N) is 1. The fraction of sp³-hybridized carbons (Fsp3) is 0.500. The number of H-pyrrole nitrogens is 1. The molecule has 0 radical (unpaired) electrons. The molecule has 2 aromatic rings. The Morgan fingerprint density at radius 1 is 1.39 bits per heavy atom. The van der Waals surface area contributed by atoms with Gasteiger partial charge in [0.15, 0.2) is 0 Å². The van der Waals surface area contributed by atoms with Crippen LogP contribution in [0.25, 0.3) is 11.0 Å². The summed E-state index contributed by atoms with van der Waals surface area (Å²) < 4.78 is 0. The van der Waals surface area contributed by atoms with Gasteiger partial charge in [0.05, 0.1) is 17.0 Å². The molecule has 2 saturated heterocycles. The maximum atomic E-state index is 12.2. The molecule has 118 valence electrons. The monoisotopic (exact) mass is 310 g/mol. The number of amides is 1. The topological polar surface area (TPSA) is 88.9 Å². The molecule has 1 spiro atoms. The molecule has 7 nitrogen and oxygen atoms in total. The molecule has 0 unspecified atom stereocenters. The van der Waals surface area contributed by atoms with Gasteiger partial charge in [-0.2, -0.15) is 5.26 Å². The van der Waals surface area contributed by atoms with Crippen molar-refractivity contribution in [1.29, 1.82) is 5.26 Å². The van der Waals surface area contributed by atoms with Crippen molar-refractivity contribution < 1.29 is 4.79 Å². The third-order valence-electron chi connectivity index (χ3n) is 5.09. The molecule has 1 amide bonds. The van der Waals surface area contributed by atoms with E-state index in [4.69, 9.17) is 5.26 Å². The SMILES string of the molecule is N#CCC(=O)N1CC[C@]12CCCN(c1ncnc3[nH]ccc13)C2. The van der Waals surface area contributed by atoms with Gasteiger partial charge in [0, 0.05) is 25.8 Å². The number of hydrogen-bond acceptors (Lipinski definition) is 5. The van der Waals surface area contributed by atoms with E-state index in [2.05, 4.69) is 19.9 Å². The zero-order valence-electron chi connectivity index (χ0n) is 12.8. The molecule has 1 atom stereocenters. The summed E-state index contributed by atoms with van der Waals surface area (Å²) >= 11 is 0. The van der Waals surface area contributed by atoms with Crippen molar-refractivity contribution in [3.63, 3.8) is 0 Å². The number of likely N-dealkylation sites (tertiary alicyclic amines) is 1. The normalized spacial score (nSPS) is 23.8. The minimum atomic E-state index is -0.125. The number of fused-ring (bicyclic) bond motifs is 1. The molecule has 2 aliphatic heterocycles. The molecule has 0 bridgehead atoms. The number of piperidine rings is 1. The Bertz CT molecular complexity index is 793. The van der Waals surface area contributed by atoms with Crippen LogP contribution < -0.4 is 4.90 Å². The Morgan fingerprint density at radius 3 is 3.09 bits per heavy atom. The molecule has 2 fully saturated rings. The molecule has 2 aliphatic rings. The van der Waals surface area contributed by atoms with E-state index in [-0.39, 0.29) is 17.9 Å². The fourth-order valence-electron chi connectivity index (χ4n) is 3.92. The lowest BCUT2D eigenvalue weighted by molar-refractivity contribution is -0.147.